The Hall–Kier alpha value is -2.67. The van der Waals surface area contributed by atoms with E-state index >= 15 is 0 Å². The van der Waals surface area contributed by atoms with Gasteiger partial charge in [-0.1, -0.05) is 72.3 Å². The molecule has 0 bridgehead atoms. The van der Waals surface area contributed by atoms with Crippen LogP contribution in [0.5, 0.6) is 0 Å². The van der Waals surface area contributed by atoms with Crippen LogP contribution >= 0.6 is 0 Å². The molecule has 5 aliphatic rings. The Kier molecular flexibility index (Phi) is 12.6. The number of nitrogens with one attached hydrogen (secondary N) is 1. The molecule has 1 amide bonds. The number of carbonyl (C=O) groups is 2. The SMILES string of the molecule is C=C(CC(C)(C)C(=O)O)OC1CCC2(C)C(CCC3(C)C2CCC2C4=C(C(C)C)CCC4(/C(=C(\C)C(=O)N=C/C(C)=C\C)N(C)CCNC)CC[C@]23C)C1(C)C. The standard InChI is InChI=1S/C49H79N3O4/c1-16-32(4)30-51-42(53)34(6)41(52(15)28-27-50-14)49-24-19-35(31(2)3)40(49)36-17-18-38-46(11)22-21-39(56-33(5)29-44(7,8)43(54)55)45(9,10)37(46)20-23-48(38,13)47(36,12)25-26-49/h16,30-31,36-39,50H,5,17-29H2,1-4,6-15H3,(H,54,55)/b32-16-,41-34-,51-30?/t36?,37?,38?,39?,46?,47-,48?,49?/m1/s1. The van der Waals surface area contributed by atoms with Gasteiger partial charge >= 0.3 is 5.97 Å². The number of aliphatic imine (C=N–C) groups is 1. The lowest BCUT2D eigenvalue weighted by atomic mass is 9.33. The molecule has 0 aromatic rings. The van der Waals surface area contributed by atoms with Crippen LogP contribution in [0.15, 0.2) is 51.4 Å². The Morgan fingerprint density at radius 3 is 2.29 bits per heavy atom. The number of likely N-dealkylation sites (N-methyl/N-ethyl adjacent to an activating group) is 2. The van der Waals surface area contributed by atoms with Gasteiger partial charge in [0, 0.05) is 54.9 Å². The van der Waals surface area contributed by atoms with Gasteiger partial charge in [0.2, 0.25) is 0 Å². The van der Waals surface area contributed by atoms with E-state index in [1.54, 1.807) is 31.2 Å². The third-order valence-corrected chi connectivity index (χ3v) is 17.2. The minimum atomic E-state index is -0.904. The van der Waals surface area contributed by atoms with Gasteiger partial charge in [-0.3, -0.25) is 9.59 Å². The highest BCUT2D eigenvalue weighted by molar-refractivity contribution is 6.01. The van der Waals surface area contributed by atoms with E-state index in [0.717, 1.165) is 56.3 Å². The molecule has 5 rings (SSSR count). The van der Waals surface area contributed by atoms with Crippen LogP contribution in [0.3, 0.4) is 0 Å². The third kappa shape index (κ3) is 7.21. The highest BCUT2D eigenvalue weighted by Crippen LogP contribution is 2.77. The van der Waals surface area contributed by atoms with Crippen molar-refractivity contribution in [3.63, 3.8) is 0 Å². The van der Waals surface area contributed by atoms with Gasteiger partial charge in [0.25, 0.3) is 5.91 Å². The summed E-state index contributed by atoms with van der Waals surface area (Å²) in [6, 6.07) is 0. The number of rotatable bonds is 13. The van der Waals surface area contributed by atoms with E-state index in [9.17, 15) is 14.7 Å². The number of hydrogen-bond acceptors (Lipinski definition) is 5. The Bertz CT molecular complexity index is 1680. The first kappa shape index (κ1) is 44.4. The van der Waals surface area contributed by atoms with Crippen molar-refractivity contribution >= 4 is 18.1 Å². The second-order valence-electron chi connectivity index (χ2n) is 21.3. The first-order valence-corrected chi connectivity index (χ1v) is 22.1. The summed E-state index contributed by atoms with van der Waals surface area (Å²) in [7, 11) is 4.22. The zero-order valence-electron chi connectivity index (χ0n) is 38.0. The molecule has 4 saturated carbocycles. The number of fused-ring (bicyclic) bond motifs is 7. The highest BCUT2D eigenvalue weighted by atomic mass is 16.5. The van der Waals surface area contributed by atoms with E-state index in [2.05, 4.69) is 77.3 Å². The van der Waals surface area contributed by atoms with Crippen LogP contribution in [-0.2, 0) is 14.3 Å². The first-order valence-electron chi connectivity index (χ1n) is 22.1. The predicted molar refractivity (Wildman–Crippen MR) is 231 cm³/mol. The Morgan fingerprint density at radius 1 is 1.00 bits per heavy atom. The molecular formula is C49H79N3O4. The smallest absolute Gasteiger partial charge is 0.309 e. The van der Waals surface area contributed by atoms with Gasteiger partial charge in [0.05, 0.1) is 11.2 Å². The predicted octanol–water partition coefficient (Wildman–Crippen LogP) is 11.2. The summed E-state index contributed by atoms with van der Waals surface area (Å²) >= 11 is 0. The van der Waals surface area contributed by atoms with Crippen LogP contribution < -0.4 is 5.32 Å². The van der Waals surface area contributed by atoms with E-state index in [0.29, 0.717) is 35.9 Å². The van der Waals surface area contributed by atoms with Crippen molar-refractivity contribution in [1.29, 1.82) is 0 Å². The lowest BCUT2D eigenvalue weighted by Gasteiger charge is -2.72. The van der Waals surface area contributed by atoms with Gasteiger partial charge in [-0.25, -0.2) is 4.99 Å². The fourth-order valence-electron chi connectivity index (χ4n) is 13.9. The van der Waals surface area contributed by atoms with Crippen molar-refractivity contribution in [2.24, 2.45) is 61.2 Å². The summed E-state index contributed by atoms with van der Waals surface area (Å²) in [6.07, 6.45) is 15.4. The maximum absolute atomic E-state index is 14.0. The Labute approximate surface area is 341 Å². The fraction of sp³-hybridized carbons (Fsp3) is 0.776. The highest BCUT2D eigenvalue weighted by Gasteiger charge is 2.70. The molecule has 0 heterocycles. The molecule has 4 fully saturated rings. The zero-order chi connectivity index (χ0) is 41.8. The van der Waals surface area contributed by atoms with Crippen LogP contribution in [0.1, 0.15) is 154 Å². The third-order valence-electron chi connectivity index (χ3n) is 17.2. The molecule has 5 aliphatic carbocycles. The van der Waals surface area contributed by atoms with Crippen molar-refractivity contribution in [2.45, 2.75) is 160 Å². The number of carboxylic acids is 1. The van der Waals surface area contributed by atoms with Gasteiger partial charge in [0.1, 0.15) is 6.10 Å². The topological polar surface area (TPSA) is 91.2 Å². The number of aliphatic carboxylic acids is 1. The molecular weight excluding hydrogens is 695 g/mol. The molecule has 56 heavy (non-hydrogen) atoms. The van der Waals surface area contributed by atoms with Crippen molar-refractivity contribution < 1.29 is 19.4 Å². The number of carboxylic acid groups (broad SMARTS) is 1. The number of carbonyl (C=O) groups excluding carboxylic acids is 1. The molecule has 0 saturated heterocycles. The van der Waals surface area contributed by atoms with E-state index in [4.69, 9.17) is 4.74 Å². The second-order valence-corrected chi connectivity index (χ2v) is 21.3. The number of ether oxygens (including phenoxy) is 1. The number of amides is 1. The quantitative estimate of drug-likeness (QED) is 0.0838. The maximum Gasteiger partial charge on any atom is 0.309 e. The molecule has 0 aliphatic heterocycles. The molecule has 314 valence electrons. The molecule has 0 aromatic carbocycles. The van der Waals surface area contributed by atoms with Gasteiger partial charge in [0.15, 0.2) is 0 Å². The van der Waals surface area contributed by atoms with Crippen molar-refractivity contribution in [2.75, 3.05) is 27.2 Å². The monoisotopic (exact) mass is 774 g/mol. The lowest BCUT2D eigenvalue weighted by Crippen LogP contribution is -2.66. The van der Waals surface area contributed by atoms with Crippen LogP contribution in [-0.4, -0.2) is 61.4 Å². The zero-order valence-corrected chi connectivity index (χ0v) is 38.0. The van der Waals surface area contributed by atoms with Crippen LogP contribution in [0.25, 0.3) is 0 Å². The number of hydrogen-bond donors (Lipinski definition) is 2. The molecule has 7 unspecified atom stereocenters. The van der Waals surface area contributed by atoms with Crippen molar-refractivity contribution in [3.05, 3.63) is 46.4 Å². The largest absolute Gasteiger partial charge is 0.495 e. The Morgan fingerprint density at radius 2 is 1.68 bits per heavy atom. The molecule has 8 atom stereocenters. The summed E-state index contributed by atoms with van der Waals surface area (Å²) in [4.78, 5) is 32.9. The van der Waals surface area contributed by atoms with Gasteiger partial charge in [-0.2, -0.15) is 0 Å². The van der Waals surface area contributed by atoms with E-state index in [1.807, 2.05) is 33.9 Å². The number of nitrogens with zero attached hydrogens (tertiary/aromatic N) is 2. The average Bonchev–Trinajstić information content (AvgIpc) is 3.51. The summed E-state index contributed by atoms with van der Waals surface area (Å²) in [6.45, 7) is 33.1. The molecule has 0 spiro atoms. The van der Waals surface area contributed by atoms with Gasteiger partial charge in [-0.05, 0) is 151 Å². The maximum atomic E-state index is 14.0. The molecule has 2 N–H and O–H groups in total. The summed E-state index contributed by atoms with van der Waals surface area (Å²) in [5.74, 6) is 1.75. The summed E-state index contributed by atoms with van der Waals surface area (Å²) < 4.78 is 6.67. The van der Waals surface area contributed by atoms with Crippen LogP contribution in [0, 0.1) is 56.2 Å². The molecule has 7 nitrogen and oxygen atoms in total. The molecule has 0 radical (unpaired) electrons. The summed E-state index contributed by atoms with van der Waals surface area (Å²) in [5, 5.41) is 13.1. The van der Waals surface area contributed by atoms with E-state index < -0.39 is 11.4 Å². The second kappa shape index (κ2) is 15.8. The van der Waals surface area contributed by atoms with E-state index in [-0.39, 0.29) is 39.1 Å². The van der Waals surface area contributed by atoms with E-state index in [1.165, 1.54) is 37.8 Å². The average molecular weight is 774 g/mol. The number of allylic oxidation sites excluding steroid dienone is 5. The lowest BCUT2D eigenvalue weighted by molar-refractivity contribution is -0.230. The normalized spacial score (nSPS) is 36.0. The minimum Gasteiger partial charge on any atom is -0.495 e. The minimum absolute atomic E-state index is 0.0313. The Balaban J connectivity index is 1.53. The first-order chi connectivity index (χ1) is 26.0. The van der Waals surface area contributed by atoms with Crippen molar-refractivity contribution in [1.82, 2.24) is 10.2 Å². The van der Waals surface area contributed by atoms with Gasteiger partial charge < -0.3 is 20.1 Å². The summed E-state index contributed by atoms with van der Waals surface area (Å²) in [5.41, 5.74) is 5.77. The molecule has 0 aromatic heterocycles. The van der Waals surface area contributed by atoms with Crippen LogP contribution in [0.2, 0.25) is 0 Å². The van der Waals surface area contributed by atoms with Crippen molar-refractivity contribution in [3.8, 4) is 0 Å². The fourth-order valence-corrected chi connectivity index (χ4v) is 13.9. The molecule has 7 heteroatoms. The van der Waals surface area contributed by atoms with Crippen LogP contribution in [0.4, 0.5) is 0 Å². The van der Waals surface area contributed by atoms with Gasteiger partial charge in [-0.15, -0.1) is 0 Å².